The molecule has 0 aromatic rings. The monoisotopic (exact) mass is 279 g/mol. The van der Waals surface area contributed by atoms with Crippen molar-refractivity contribution in [3.05, 3.63) is 0 Å². The highest BCUT2D eigenvalue weighted by Gasteiger charge is 2.63. The lowest BCUT2D eigenvalue weighted by atomic mass is 9.52. The van der Waals surface area contributed by atoms with E-state index in [0.717, 1.165) is 12.8 Å². The summed E-state index contributed by atoms with van der Waals surface area (Å²) in [7, 11) is 0. The number of carbonyl (C=O) groups is 1. The third kappa shape index (κ3) is 1.58. The number of ether oxygens (including phenoxy) is 1. The van der Waals surface area contributed by atoms with E-state index in [4.69, 9.17) is 4.74 Å². The number of esters is 1. The third-order valence-electron chi connectivity index (χ3n) is 6.57. The molecule has 2 unspecified atom stereocenters. The standard InChI is InChI=1S/C16H25NO3/c1-10-8-13-16(11(15(10)19)9-14(18)20-13)5-3-7-17-6-2-4-12(16)17/h10-13,15,19H,2-9H2,1H3/t10-,11-,12?,13?,15+,16-/m0/s1. The highest BCUT2D eigenvalue weighted by molar-refractivity contribution is 5.71. The van der Waals surface area contributed by atoms with E-state index in [1.54, 1.807) is 0 Å². The van der Waals surface area contributed by atoms with Crippen LogP contribution in [0, 0.1) is 17.3 Å². The van der Waals surface area contributed by atoms with E-state index in [9.17, 15) is 9.90 Å². The van der Waals surface area contributed by atoms with Crippen molar-refractivity contribution in [3.8, 4) is 0 Å². The first-order valence-electron chi connectivity index (χ1n) is 8.24. The van der Waals surface area contributed by atoms with Crippen molar-refractivity contribution >= 4 is 5.97 Å². The van der Waals surface area contributed by atoms with Gasteiger partial charge in [0.1, 0.15) is 6.10 Å². The van der Waals surface area contributed by atoms with E-state index in [2.05, 4.69) is 11.8 Å². The van der Waals surface area contributed by atoms with Crippen LogP contribution in [0.4, 0.5) is 0 Å². The highest BCUT2D eigenvalue weighted by Crippen LogP contribution is 2.58. The van der Waals surface area contributed by atoms with Crippen LogP contribution in [0.5, 0.6) is 0 Å². The predicted octanol–water partition coefficient (Wildman–Crippen LogP) is 1.56. The Labute approximate surface area is 120 Å². The molecule has 4 nitrogen and oxygen atoms in total. The number of hydrogen-bond acceptors (Lipinski definition) is 4. The summed E-state index contributed by atoms with van der Waals surface area (Å²) >= 11 is 0. The van der Waals surface area contributed by atoms with Gasteiger partial charge in [-0.05, 0) is 51.1 Å². The lowest BCUT2D eigenvalue weighted by Crippen LogP contribution is -2.67. The molecular weight excluding hydrogens is 254 g/mol. The lowest BCUT2D eigenvalue weighted by Gasteiger charge is -2.61. The molecule has 4 fully saturated rings. The first kappa shape index (κ1) is 13.1. The number of nitrogens with zero attached hydrogens (tertiary/aromatic N) is 1. The van der Waals surface area contributed by atoms with Gasteiger partial charge in [0, 0.05) is 17.4 Å². The topological polar surface area (TPSA) is 49.8 Å². The molecule has 6 atom stereocenters. The summed E-state index contributed by atoms with van der Waals surface area (Å²) in [4.78, 5) is 14.5. The molecule has 1 spiro atoms. The molecule has 1 saturated carbocycles. The minimum atomic E-state index is -0.334. The Morgan fingerprint density at radius 2 is 2.15 bits per heavy atom. The Hall–Kier alpha value is -0.610. The zero-order chi connectivity index (χ0) is 13.9. The lowest BCUT2D eigenvalue weighted by molar-refractivity contribution is -0.228. The molecule has 4 rings (SSSR count). The van der Waals surface area contributed by atoms with Gasteiger partial charge < -0.3 is 9.84 Å². The maximum Gasteiger partial charge on any atom is 0.306 e. The van der Waals surface area contributed by atoms with Crippen molar-refractivity contribution in [3.63, 3.8) is 0 Å². The SMILES string of the molecule is C[C@H]1CC2OC(=O)C[C@@H]([C@@H]1O)[C@]21CCCN2CCCC21. The number of aliphatic hydroxyl groups is 1. The molecule has 2 bridgehead atoms. The smallest absolute Gasteiger partial charge is 0.306 e. The Kier molecular flexibility index (Phi) is 2.90. The average Bonchev–Trinajstić information content (AvgIpc) is 2.89. The zero-order valence-corrected chi connectivity index (χ0v) is 12.3. The molecule has 0 aromatic heterocycles. The molecule has 3 aliphatic heterocycles. The summed E-state index contributed by atoms with van der Waals surface area (Å²) in [5.41, 5.74) is 0.0363. The molecular formula is C16H25NO3. The number of rotatable bonds is 0. The summed E-state index contributed by atoms with van der Waals surface area (Å²) in [5, 5.41) is 10.7. The fourth-order valence-corrected chi connectivity index (χ4v) is 5.77. The quantitative estimate of drug-likeness (QED) is 0.684. The van der Waals surface area contributed by atoms with Crippen molar-refractivity contribution in [1.82, 2.24) is 4.90 Å². The zero-order valence-electron chi connectivity index (χ0n) is 12.3. The average molecular weight is 279 g/mol. The van der Waals surface area contributed by atoms with E-state index in [-0.39, 0.29) is 35.4 Å². The summed E-state index contributed by atoms with van der Waals surface area (Å²) in [5.74, 6) is 0.274. The van der Waals surface area contributed by atoms with Crippen molar-refractivity contribution in [1.29, 1.82) is 0 Å². The molecule has 1 aliphatic carbocycles. The van der Waals surface area contributed by atoms with Gasteiger partial charge in [0.05, 0.1) is 12.5 Å². The maximum atomic E-state index is 11.9. The van der Waals surface area contributed by atoms with E-state index >= 15 is 0 Å². The van der Waals surface area contributed by atoms with Crippen LogP contribution < -0.4 is 0 Å². The first-order valence-corrected chi connectivity index (χ1v) is 8.24. The summed E-state index contributed by atoms with van der Waals surface area (Å²) in [6, 6.07) is 0.529. The number of aliphatic hydroxyl groups excluding tert-OH is 1. The minimum absolute atomic E-state index is 0.0363. The van der Waals surface area contributed by atoms with E-state index < -0.39 is 0 Å². The molecule has 20 heavy (non-hydrogen) atoms. The van der Waals surface area contributed by atoms with Crippen LogP contribution in [0.2, 0.25) is 0 Å². The van der Waals surface area contributed by atoms with Gasteiger partial charge in [-0.15, -0.1) is 0 Å². The van der Waals surface area contributed by atoms with Gasteiger partial charge in [-0.3, -0.25) is 9.69 Å². The van der Waals surface area contributed by atoms with Gasteiger partial charge in [-0.1, -0.05) is 6.92 Å². The fourth-order valence-electron chi connectivity index (χ4n) is 5.77. The van der Waals surface area contributed by atoms with Crippen LogP contribution in [-0.4, -0.2) is 47.3 Å². The van der Waals surface area contributed by atoms with Gasteiger partial charge in [-0.25, -0.2) is 0 Å². The van der Waals surface area contributed by atoms with Crippen molar-refractivity contribution in [2.75, 3.05) is 13.1 Å². The summed E-state index contributed by atoms with van der Waals surface area (Å²) in [6.07, 6.45) is 5.75. The molecule has 4 aliphatic rings. The number of fused-ring (bicyclic) bond motifs is 1. The predicted molar refractivity (Wildman–Crippen MR) is 74.0 cm³/mol. The van der Waals surface area contributed by atoms with Gasteiger partial charge in [0.25, 0.3) is 0 Å². The van der Waals surface area contributed by atoms with Crippen LogP contribution in [0.1, 0.15) is 45.4 Å². The molecule has 112 valence electrons. The summed E-state index contributed by atoms with van der Waals surface area (Å²) in [6.45, 7) is 4.48. The van der Waals surface area contributed by atoms with Gasteiger partial charge in [0.2, 0.25) is 0 Å². The van der Waals surface area contributed by atoms with E-state index in [1.807, 2.05) is 0 Å². The van der Waals surface area contributed by atoms with Gasteiger partial charge >= 0.3 is 5.97 Å². The third-order valence-corrected chi connectivity index (χ3v) is 6.57. The number of piperidine rings is 1. The fraction of sp³-hybridized carbons (Fsp3) is 0.938. The molecule has 4 heteroatoms. The number of hydrogen-bond donors (Lipinski definition) is 1. The minimum Gasteiger partial charge on any atom is -0.462 e. The van der Waals surface area contributed by atoms with Crippen LogP contribution in [0.15, 0.2) is 0 Å². The van der Waals surface area contributed by atoms with Crippen molar-refractivity contribution in [2.45, 2.75) is 63.7 Å². The second-order valence-corrected chi connectivity index (χ2v) is 7.40. The van der Waals surface area contributed by atoms with Gasteiger partial charge in [0.15, 0.2) is 0 Å². The molecule has 1 N–H and O–H groups in total. The van der Waals surface area contributed by atoms with Crippen molar-refractivity contribution < 1.29 is 14.6 Å². The Balaban J connectivity index is 1.76. The van der Waals surface area contributed by atoms with Crippen LogP contribution in [-0.2, 0) is 9.53 Å². The molecule has 0 amide bonds. The summed E-state index contributed by atoms with van der Waals surface area (Å²) < 4.78 is 5.80. The molecule has 0 radical (unpaired) electrons. The normalized spacial score (nSPS) is 51.9. The Morgan fingerprint density at radius 3 is 3.00 bits per heavy atom. The van der Waals surface area contributed by atoms with Crippen LogP contribution in [0.3, 0.4) is 0 Å². The Bertz CT molecular complexity index is 426. The molecule has 3 heterocycles. The largest absolute Gasteiger partial charge is 0.462 e. The van der Waals surface area contributed by atoms with E-state index in [0.29, 0.717) is 12.5 Å². The van der Waals surface area contributed by atoms with Crippen LogP contribution in [0.25, 0.3) is 0 Å². The maximum absolute atomic E-state index is 11.9. The number of carbonyl (C=O) groups excluding carboxylic acids is 1. The van der Waals surface area contributed by atoms with E-state index in [1.165, 1.54) is 32.4 Å². The Morgan fingerprint density at radius 1 is 1.35 bits per heavy atom. The molecule has 0 aromatic carbocycles. The second-order valence-electron chi connectivity index (χ2n) is 7.40. The van der Waals surface area contributed by atoms with Crippen LogP contribution >= 0.6 is 0 Å². The van der Waals surface area contributed by atoms with Gasteiger partial charge in [-0.2, -0.15) is 0 Å². The van der Waals surface area contributed by atoms with Crippen molar-refractivity contribution in [2.24, 2.45) is 17.3 Å². The second kappa shape index (κ2) is 4.44. The first-order chi connectivity index (χ1) is 9.63. The highest BCUT2D eigenvalue weighted by atomic mass is 16.5. The molecule has 3 saturated heterocycles.